The average Bonchev–Trinajstić information content (AvgIpc) is 2.79. The molecule has 0 heterocycles. The Labute approximate surface area is 201 Å². The highest BCUT2D eigenvalue weighted by Gasteiger charge is 2.42. The number of hydrogen-bond donors (Lipinski definition) is 0. The van der Waals surface area contributed by atoms with Crippen molar-refractivity contribution in [1.82, 2.24) is 0 Å². The minimum absolute atomic E-state index is 0.0888. The van der Waals surface area contributed by atoms with Crippen LogP contribution < -0.4 is 19.5 Å². The molecule has 1 atom stereocenters. The van der Waals surface area contributed by atoms with E-state index in [1.54, 1.807) is 0 Å². The molecule has 4 nitrogen and oxygen atoms in total. The van der Waals surface area contributed by atoms with E-state index in [0.717, 1.165) is 0 Å². The number of carbonyl (C=O) groups is 1. The molecule has 0 N–H and O–H groups in total. The Morgan fingerprint density at radius 3 is 1.60 bits per heavy atom. The third-order valence-electron chi connectivity index (χ3n) is 4.58. The Kier molecular flexibility index (Phi) is 10.2. The summed E-state index contributed by atoms with van der Waals surface area (Å²) in [5, 5.41) is 0.0888. The molecule has 0 radical (unpaired) electrons. The van der Waals surface area contributed by atoms with Crippen LogP contribution in [-0.2, 0) is 12.4 Å². The second-order valence-electron chi connectivity index (χ2n) is 7.52. The van der Waals surface area contributed by atoms with Crippen LogP contribution >= 0.6 is 8.58 Å². The first-order valence-electron chi connectivity index (χ1n) is 11.1. The molecule has 0 fully saturated rings. The third-order valence-corrected chi connectivity index (χ3v) is 5.80. The minimum Gasteiger partial charge on any atom is -0.493 e. The van der Waals surface area contributed by atoms with E-state index in [2.05, 4.69) is 0 Å². The maximum Gasteiger partial charge on any atom is 0.417 e. The summed E-state index contributed by atoms with van der Waals surface area (Å²) in [6, 6.07) is 4.52. The van der Waals surface area contributed by atoms with Gasteiger partial charge in [-0.1, -0.05) is 26.8 Å². The van der Waals surface area contributed by atoms with Crippen molar-refractivity contribution in [2.24, 2.45) is 0 Å². The number of rotatable bonds is 12. The molecular formula is C24H27F6O4P. The Morgan fingerprint density at radius 1 is 0.771 bits per heavy atom. The second kappa shape index (κ2) is 12.5. The molecule has 0 aliphatic rings. The summed E-state index contributed by atoms with van der Waals surface area (Å²) in [5.74, 6) is 0.601. The number of alkyl halides is 6. The quantitative estimate of drug-likeness (QED) is 0.217. The van der Waals surface area contributed by atoms with Crippen molar-refractivity contribution < 1.29 is 45.3 Å². The van der Waals surface area contributed by atoms with Gasteiger partial charge in [-0.15, -0.1) is 0 Å². The van der Waals surface area contributed by atoms with E-state index in [1.807, 2.05) is 20.8 Å². The zero-order chi connectivity index (χ0) is 26.2. The number of hydrogen-bond acceptors (Lipinski definition) is 4. The average molecular weight is 524 g/mol. The number of carbonyl (C=O) groups excluding carboxylic acids is 1. The van der Waals surface area contributed by atoms with Gasteiger partial charge in [0.1, 0.15) is 17.2 Å². The van der Waals surface area contributed by atoms with Crippen LogP contribution in [0.5, 0.6) is 17.2 Å². The van der Waals surface area contributed by atoms with Gasteiger partial charge in [-0.25, -0.2) is 0 Å². The van der Waals surface area contributed by atoms with Gasteiger partial charge in [-0.2, -0.15) is 26.3 Å². The fourth-order valence-corrected chi connectivity index (χ4v) is 4.25. The van der Waals surface area contributed by atoms with Gasteiger partial charge in [-0.05, 0) is 40.0 Å². The summed E-state index contributed by atoms with van der Waals surface area (Å²) < 4.78 is 98.6. The predicted molar refractivity (Wildman–Crippen MR) is 123 cm³/mol. The van der Waals surface area contributed by atoms with Gasteiger partial charge in [0, 0.05) is 17.7 Å². The Bertz CT molecular complexity index is 943. The van der Waals surface area contributed by atoms with Gasteiger partial charge in [0.25, 0.3) is 0 Å². The lowest BCUT2D eigenvalue weighted by molar-refractivity contribution is -0.143. The van der Waals surface area contributed by atoms with Crippen LogP contribution in [0.1, 0.15) is 61.5 Å². The van der Waals surface area contributed by atoms with Crippen LogP contribution in [0, 0.1) is 0 Å². The molecule has 0 saturated carbocycles. The zero-order valence-electron chi connectivity index (χ0n) is 19.5. The summed E-state index contributed by atoms with van der Waals surface area (Å²) >= 11 is 0. The normalized spacial score (nSPS) is 12.3. The molecular weight excluding hydrogens is 497 g/mol. The third kappa shape index (κ3) is 7.75. The fourth-order valence-electron chi connectivity index (χ4n) is 3.09. The van der Waals surface area contributed by atoms with Crippen molar-refractivity contribution in [1.29, 1.82) is 0 Å². The highest BCUT2D eigenvalue weighted by molar-refractivity contribution is 7.66. The molecule has 11 heteroatoms. The van der Waals surface area contributed by atoms with E-state index in [4.69, 9.17) is 14.2 Å². The monoisotopic (exact) mass is 524 g/mol. The molecule has 1 unspecified atom stereocenters. The molecule has 2 aromatic rings. The minimum atomic E-state index is -5.16. The largest absolute Gasteiger partial charge is 0.493 e. The van der Waals surface area contributed by atoms with E-state index < -0.39 is 43.1 Å². The van der Waals surface area contributed by atoms with Gasteiger partial charge in [-0.3, -0.25) is 4.79 Å². The van der Waals surface area contributed by atoms with Gasteiger partial charge >= 0.3 is 12.4 Å². The molecule has 0 aliphatic carbocycles. The first kappa shape index (κ1) is 28.8. The number of ether oxygens (including phenoxy) is 3. The Hall–Kier alpha value is -2.48. The molecule has 2 rings (SSSR count). The summed E-state index contributed by atoms with van der Waals surface area (Å²) in [7, 11) is -1.12. The first-order valence-corrected chi connectivity index (χ1v) is 12.1. The molecule has 0 saturated heterocycles. The van der Waals surface area contributed by atoms with E-state index in [-0.39, 0.29) is 30.0 Å². The van der Waals surface area contributed by atoms with Crippen LogP contribution in [-0.4, -0.2) is 25.3 Å². The fraction of sp³-hybridized carbons (Fsp3) is 0.458. The van der Waals surface area contributed by atoms with Crippen molar-refractivity contribution in [2.45, 2.75) is 52.4 Å². The zero-order valence-corrected chi connectivity index (χ0v) is 20.5. The maximum atomic E-state index is 13.6. The van der Waals surface area contributed by atoms with Crippen molar-refractivity contribution in [3.05, 3.63) is 47.0 Å². The summed E-state index contributed by atoms with van der Waals surface area (Å²) in [4.78, 5) is 13.1. The van der Waals surface area contributed by atoms with Crippen molar-refractivity contribution in [3.8, 4) is 17.2 Å². The topological polar surface area (TPSA) is 44.8 Å². The van der Waals surface area contributed by atoms with Crippen LogP contribution in [0.25, 0.3) is 0 Å². The van der Waals surface area contributed by atoms with Gasteiger partial charge in [0.15, 0.2) is 5.52 Å². The second-order valence-corrected chi connectivity index (χ2v) is 8.72. The van der Waals surface area contributed by atoms with Crippen LogP contribution in [0.4, 0.5) is 26.3 Å². The molecule has 35 heavy (non-hydrogen) atoms. The molecule has 0 amide bonds. The van der Waals surface area contributed by atoms with Gasteiger partial charge < -0.3 is 14.2 Å². The van der Waals surface area contributed by atoms with E-state index in [9.17, 15) is 31.1 Å². The first-order chi connectivity index (χ1) is 16.4. The Morgan fingerprint density at radius 2 is 1.20 bits per heavy atom. The molecule has 2 aromatic carbocycles. The van der Waals surface area contributed by atoms with Gasteiger partial charge in [0.2, 0.25) is 0 Å². The van der Waals surface area contributed by atoms with E-state index >= 15 is 0 Å². The van der Waals surface area contributed by atoms with Crippen molar-refractivity contribution in [3.63, 3.8) is 0 Å². The lowest BCUT2D eigenvalue weighted by Crippen LogP contribution is -2.20. The maximum absolute atomic E-state index is 13.6. The van der Waals surface area contributed by atoms with Crippen LogP contribution in [0.2, 0.25) is 0 Å². The summed E-state index contributed by atoms with van der Waals surface area (Å²) in [6.45, 7) is 6.34. The molecule has 0 aromatic heterocycles. The molecule has 0 aliphatic heterocycles. The van der Waals surface area contributed by atoms with Crippen LogP contribution in [0.15, 0.2) is 30.3 Å². The molecule has 0 spiro atoms. The highest BCUT2D eigenvalue weighted by atomic mass is 31.1. The Balaban J connectivity index is 2.66. The molecule has 194 valence electrons. The lowest BCUT2D eigenvalue weighted by atomic mass is 10.0. The SMILES string of the molecule is CCCOc1cc(OCCC)c(PC(=O)c2c(C(F)(F)F)cccc2C(F)(F)F)c(OCCC)c1. The lowest BCUT2D eigenvalue weighted by Gasteiger charge is -2.20. The highest BCUT2D eigenvalue weighted by Crippen LogP contribution is 2.43. The van der Waals surface area contributed by atoms with E-state index in [0.29, 0.717) is 49.8 Å². The molecule has 0 bridgehead atoms. The standard InChI is InChI=1S/C24H27F6O4P/c1-4-10-32-15-13-18(33-11-5-2)21(19(14-15)34-12-6-3)35-22(31)20-16(23(25,26)27)8-7-9-17(20)24(28,29)30/h7-9,13-14,35H,4-6,10-12H2,1-3H3. The summed E-state index contributed by atoms with van der Waals surface area (Å²) in [6.07, 6.45) is -8.45. The van der Waals surface area contributed by atoms with Gasteiger partial charge in [0.05, 0.1) is 36.3 Å². The van der Waals surface area contributed by atoms with Crippen molar-refractivity contribution in [2.75, 3.05) is 19.8 Å². The number of benzene rings is 2. The predicted octanol–water partition coefficient (Wildman–Crippen LogP) is 7.23. The van der Waals surface area contributed by atoms with Crippen molar-refractivity contribution >= 4 is 19.4 Å². The smallest absolute Gasteiger partial charge is 0.417 e. The van der Waals surface area contributed by atoms with E-state index in [1.165, 1.54) is 12.1 Å². The summed E-state index contributed by atoms with van der Waals surface area (Å²) in [5.41, 5.74) is -6.02. The number of halogens is 6. The van der Waals surface area contributed by atoms with Crippen LogP contribution in [0.3, 0.4) is 0 Å².